The molecule has 4 rings (SSSR count). The van der Waals surface area contributed by atoms with Gasteiger partial charge in [0.05, 0.1) is 33.2 Å². The number of thiophene rings is 1. The Morgan fingerprint density at radius 1 is 1.08 bits per heavy atom. The molecule has 0 unspecified atom stereocenters. The summed E-state index contributed by atoms with van der Waals surface area (Å²) in [4.78, 5) is 42.3. The maximum Gasteiger partial charge on any atom is 0.261 e. The number of pyridine rings is 1. The minimum absolute atomic E-state index is 0.151. The van der Waals surface area contributed by atoms with Gasteiger partial charge in [-0.3, -0.25) is 19.0 Å². The number of nitrogens with zero attached hydrogens (tertiary/aromatic N) is 6. The first-order valence-corrected chi connectivity index (χ1v) is 12.6. The zero-order chi connectivity index (χ0) is 26.5. The molecule has 37 heavy (non-hydrogen) atoms. The fourth-order valence-corrected chi connectivity index (χ4v) is 4.49. The van der Waals surface area contributed by atoms with Crippen molar-refractivity contribution < 1.29 is 9.59 Å². The van der Waals surface area contributed by atoms with Crippen molar-refractivity contribution in [3.63, 3.8) is 0 Å². The van der Waals surface area contributed by atoms with E-state index in [2.05, 4.69) is 15.6 Å². The Morgan fingerprint density at radius 3 is 2.59 bits per heavy atom. The van der Waals surface area contributed by atoms with Crippen LogP contribution in [0.3, 0.4) is 0 Å². The van der Waals surface area contributed by atoms with Gasteiger partial charge in [0.2, 0.25) is 0 Å². The highest BCUT2D eigenvalue weighted by atomic mass is 35.5. The molecule has 0 radical (unpaired) electrons. The van der Waals surface area contributed by atoms with Crippen molar-refractivity contribution in [1.82, 2.24) is 34.7 Å². The van der Waals surface area contributed by atoms with E-state index in [9.17, 15) is 14.4 Å². The van der Waals surface area contributed by atoms with Gasteiger partial charge in [0.15, 0.2) is 0 Å². The van der Waals surface area contributed by atoms with E-state index in [0.29, 0.717) is 44.9 Å². The maximum absolute atomic E-state index is 13.5. The molecule has 0 atom stereocenters. The number of carbonyl (C=O) groups excluding carboxylic acids is 2. The molecular weight excluding hydrogens is 514 g/mol. The molecule has 0 saturated carbocycles. The lowest BCUT2D eigenvalue weighted by Crippen LogP contribution is -2.34. The molecule has 1 N–H and O–H groups in total. The van der Waals surface area contributed by atoms with E-state index in [4.69, 9.17) is 11.6 Å². The monoisotopic (exact) mass is 539 g/mol. The van der Waals surface area contributed by atoms with E-state index >= 15 is 0 Å². The summed E-state index contributed by atoms with van der Waals surface area (Å²) >= 11 is 7.10. The van der Waals surface area contributed by atoms with Gasteiger partial charge in [0.25, 0.3) is 17.4 Å². The van der Waals surface area contributed by atoms with Crippen LogP contribution in [0.2, 0.25) is 4.34 Å². The first-order valence-electron chi connectivity index (χ1n) is 11.4. The number of rotatable bonds is 9. The van der Waals surface area contributed by atoms with Crippen LogP contribution in [-0.4, -0.2) is 75.4 Å². The van der Waals surface area contributed by atoms with Crippen molar-refractivity contribution in [2.45, 2.75) is 6.54 Å². The van der Waals surface area contributed by atoms with Crippen LogP contribution >= 0.6 is 22.9 Å². The molecule has 0 bridgehead atoms. The van der Waals surface area contributed by atoms with Crippen molar-refractivity contribution in [2.75, 3.05) is 34.2 Å². The third kappa shape index (κ3) is 6.31. The SMILES string of the molecule is CN(C)CCN(C)C(=O)c1cc(-n2ccccc2=O)ccc1-n1cc(CNC(=O)c2ccc(Cl)s2)nn1. The third-order valence-corrected chi connectivity index (χ3v) is 6.79. The zero-order valence-corrected chi connectivity index (χ0v) is 22.2. The molecule has 3 heterocycles. The fourth-order valence-electron chi connectivity index (χ4n) is 3.53. The number of benzene rings is 1. The second-order valence-electron chi connectivity index (χ2n) is 8.58. The van der Waals surface area contributed by atoms with Crippen molar-refractivity contribution in [3.8, 4) is 11.4 Å². The number of aromatic nitrogens is 4. The van der Waals surface area contributed by atoms with Crippen LogP contribution < -0.4 is 10.9 Å². The van der Waals surface area contributed by atoms with Crippen LogP contribution in [0.5, 0.6) is 0 Å². The van der Waals surface area contributed by atoms with Gasteiger partial charge in [-0.05, 0) is 50.5 Å². The first kappa shape index (κ1) is 26.3. The average Bonchev–Trinajstić information content (AvgIpc) is 3.54. The molecule has 10 nitrogen and oxygen atoms in total. The van der Waals surface area contributed by atoms with E-state index in [-0.39, 0.29) is 23.9 Å². The van der Waals surface area contributed by atoms with Gasteiger partial charge in [-0.1, -0.05) is 22.9 Å². The Kier molecular flexibility index (Phi) is 8.17. The highest BCUT2D eigenvalue weighted by Gasteiger charge is 2.20. The molecule has 3 aromatic heterocycles. The lowest BCUT2D eigenvalue weighted by molar-refractivity contribution is 0.0785. The molecule has 0 aliphatic carbocycles. The predicted octanol–water partition coefficient (Wildman–Crippen LogP) is 2.70. The van der Waals surface area contributed by atoms with Crippen LogP contribution in [0, 0.1) is 0 Å². The van der Waals surface area contributed by atoms with Crippen molar-refractivity contribution in [3.05, 3.63) is 91.7 Å². The number of likely N-dealkylation sites (N-methyl/N-ethyl adjacent to an activating group) is 2. The standard InChI is InChI=1S/C25H26ClN7O3S/c1-30(2)12-13-31(3)25(36)19-14-18(32-11-5-4-6-23(32)34)7-8-20(19)33-16-17(28-29-33)15-27-24(35)21-9-10-22(26)37-21/h4-11,14,16H,12-13,15H2,1-3H3,(H,27,35). The summed E-state index contributed by atoms with van der Waals surface area (Å²) in [6.45, 7) is 1.36. The minimum atomic E-state index is -0.262. The summed E-state index contributed by atoms with van der Waals surface area (Å²) in [7, 11) is 5.61. The predicted molar refractivity (Wildman–Crippen MR) is 143 cm³/mol. The second kappa shape index (κ2) is 11.5. The fraction of sp³-hybridized carbons (Fsp3) is 0.240. The highest BCUT2D eigenvalue weighted by molar-refractivity contribution is 7.18. The van der Waals surface area contributed by atoms with Gasteiger partial charge in [0.1, 0.15) is 5.69 Å². The Bertz CT molecular complexity index is 1480. The van der Waals surface area contributed by atoms with Gasteiger partial charge in [-0.2, -0.15) is 0 Å². The molecule has 192 valence electrons. The molecule has 0 saturated heterocycles. The van der Waals surface area contributed by atoms with Crippen molar-refractivity contribution in [2.24, 2.45) is 0 Å². The number of nitrogens with one attached hydrogen (secondary N) is 1. The lowest BCUT2D eigenvalue weighted by atomic mass is 10.1. The Balaban J connectivity index is 1.63. The normalized spacial score (nSPS) is 11.1. The number of amides is 2. The third-order valence-electron chi connectivity index (χ3n) is 5.56. The average molecular weight is 540 g/mol. The molecule has 2 amide bonds. The van der Waals surface area contributed by atoms with E-state index in [1.807, 2.05) is 19.0 Å². The van der Waals surface area contributed by atoms with Gasteiger partial charge in [0, 0.05) is 38.1 Å². The molecule has 12 heteroatoms. The summed E-state index contributed by atoms with van der Waals surface area (Å²) in [5.41, 5.74) is 1.73. The Hall–Kier alpha value is -3.80. The first-order chi connectivity index (χ1) is 17.7. The molecule has 0 aliphatic rings. The second-order valence-corrected chi connectivity index (χ2v) is 10.3. The van der Waals surface area contributed by atoms with E-state index in [1.54, 1.807) is 66.8 Å². The summed E-state index contributed by atoms with van der Waals surface area (Å²) in [6, 6.07) is 13.3. The van der Waals surface area contributed by atoms with Crippen LogP contribution in [0.25, 0.3) is 11.4 Å². The van der Waals surface area contributed by atoms with Crippen molar-refractivity contribution >= 4 is 34.8 Å². The smallest absolute Gasteiger partial charge is 0.261 e. The van der Waals surface area contributed by atoms with Crippen LogP contribution in [0.1, 0.15) is 25.7 Å². The van der Waals surface area contributed by atoms with Gasteiger partial charge >= 0.3 is 0 Å². The molecule has 1 aromatic carbocycles. The molecule has 0 aliphatic heterocycles. The van der Waals surface area contributed by atoms with Gasteiger partial charge < -0.3 is 15.1 Å². The van der Waals surface area contributed by atoms with Crippen LogP contribution in [0.15, 0.2) is 65.7 Å². The highest BCUT2D eigenvalue weighted by Crippen LogP contribution is 2.22. The maximum atomic E-state index is 13.5. The van der Waals surface area contributed by atoms with E-state index in [1.165, 1.54) is 26.7 Å². The Labute approximate surface area is 222 Å². The van der Waals surface area contributed by atoms with Gasteiger partial charge in [-0.15, -0.1) is 16.4 Å². The lowest BCUT2D eigenvalue weighted by Gasteiger charge is -2.21. The summed E-state index contributed by atoms with van der Waals surface area (Å²) < 4.78 is 3.50. The molecular formula is C25H26ClN7O3S. The number of hydrogen-bond donors (Lipinski definition) is 1. The van der Waals surface area contributed by atoms with Crippen molar-refractivity contribution in [1.29, 1.82) is 0 Å². The zero-order valence-electron chi connectivity index (χ0n) is 20.6. The topological polar surface area (TPSA) is 105 Å². The summed E-state index contributed by atoms with van der Waals surface area (Å²) in [6.07, 6.45) is 3.31. The molecule has 0 spiro atoms. The van der Waals surface area contributed by atoms with E-state index < -0.39 is 0 Å². The van der Waals surface area contributed by atoms with E-state index in [0.717, 1.165) is 0 Å². The van der Waals surface area contributed by atoms with Gasteiger partial charge in [-0.25, -0.2) is 4.68 Å². The largest absolute Gasteiger partial charge is 0.346 e. The van der Waals surface area contributed by atoms with Crippen LogP contribution in [0.4, 0.5) is 0 Å². The Morgan fingerprint density at radius 2 is 1.89 bits per heavy atom. The molecule has 0 fully saturated rings. The quantitative estimate of drug-likeness (QED) is 0.350. The number of hydrogen-bond acceptors (Lipinski definition) is 7. The summed E-state index contributed by atoms with van der Waals surface area (Å²) in [5.74, 6) is -0.481. The summed E-state index contributed by atoms with van der Waals surface area (Å²) in [5, 5.41) is 11.1. The number of carbonyl (C=O) groups is 2. The minimum Gasteiger partial charge on any atom is -0.346 e. The number of halogens is 1. The molecule has 4 aromatic rings. The van der Waals surface area contributed by atoms with Crippen LogP contribution in [-0.2, 0) is 6.54 Å².